The van der Waals surface area contributed by atoms with E-state index < -0.39 is 0 Å². The van der Waals surface area contributed by atoms with E-state index in [-0.39, 0.29) is 5.91 Å². The van der Waals surface area contributed by atoms with Crippen LogP contribution in [0.5, 0.6) is 0 Å². The Morgan fingerprint density at radius 3 is 2.57 bits per heavy atom. The first-order valence-corrected chi connectivity index (χ1v) is 7.28. The van der Waals surface area contributed by atoms with E-state index >= 15 is 0 Å². The third-order valence-corrected chi connectivity index (χ3v) is 3.37. The Balaban J connectivity index is 2.18. The molecule has 5 heteroatoms. The Morgan fingerprint density at radius 2 is 1.95 bits per heavy atom. The van der Waals surface area contributed by atoms with Crippen LogP contribution in [0.4, 0.5) is 11.4 Å². The van der Waals surface area contributed by atoms with Crippen LogP contribution in [0.25, 0.3) is 0 Å². The average molecular weight is 344 g/mol. The fourth-order valence-corrected chi connectivity index (χ4v) is 2.22. The van der Waals surface area contributed by atoms with Crippen LogP contribution < -0.4 is 10.6 Å². The van der Waals surface area contributed by atoms with Crippen LogP contribution in [-0.4, -0.2) is 12.5 Å². The summed E-state index contributed by atoms with van der Waals surface area (Å²) in [5, 5.41) is 15.0. The number of halogens is 1. The summed E-state index contributed by atoms with van der Waals surface area (Å²) in [4.78, 5) is 12.2. The zero-order valence-electron chi connectivity index (χ0n) is 11.5. The molecule has 0 unspecified atom stereocenters. The van der Waals surface area contributed by atoms with Crippen molar-refractivity contribution in [3.8, 4) is 6.07 Å². The fourth-order valence-electron chi connectivity index (χ4n) is 1.86. The largest absolute Gasteiger partial charge is 0.385 e. The highest BCUT2D eigenvalue weighted by Gasteiger charge is 2.09. The van der Waals surface area contributed by atoms with E-state index in [1.807, 2.05) is 19.1 Å². The molecule has 0 aliphatic carbocycles. The summed E-state index contributed by atoms with van der Waals surface area (Å²) < 4.78 is 0.805. The third-order valence-electron chi connectivity index (χ3n) is 2.88. The zero-order chi connectivity index (χ0) is 15.2. The highest BCUT2D eigenvalue weighted by Crippen LogP contribution is 2.21. The van der Waals surface area contributed by atoms with Gasteiger partial charge in [-0.25, -0.2) is 0 Å². The standard InChI is InChI=1S/C16H14BrN3O/c1-2-19-14-7-4-11(5-8-14)16(21)20-15-9-13(17)6-3-12(15)10-18/h3-9,19H,2H2,1H3,(H,20,21). The van der Waals surface area contributed by atoms with E-state index in [0.29, 0.717) is 16.8 Å². The second kappa shape index (κ2) is 6.91. The van der Waals surface area contributed by atoms with Gasteiger partial charge in [-0.1, -0.05) is 15.9 Å². The third kappa shape index (κ3) is 3.83. The van der Waals surface area contributed by atoms with Gasteiger partial charge in [-0.05, 0) is 49.4 Å². The van der Waals surface area contributed by atoms with Gasteiger partial charge in [0.05, 0.1) is 11.3 Å². The second-order valence-electron chi connectivity index (χ2n) is 4.36. The molecule has 2 aromatic carbocycles. The van der Waals surface area contributed by atoms with Gasteiger partial charge in [-0.2, -0.15) is 5.26 Å². The van der Waals surface area contributed by atoms with Crippen LogP contribution >= 0.6 is 15.9 Å². The van der Waals surface area contributed by atoms with E-state index in [2.05, 4.69) is 32.6 Å². The number of nitrogens with zero attached hydrogens (tertiary/aromatic N) is 1. The molecule has 2 rings (SSSR count). The number of anilines is 2. The number of rotatable bonds is 4. The molecule has 0 fully saturated rings. The Hall–Kier alpha value is -2.32. The number of nitriles is 1. The summed E-state index contributed by atoms with van der Waals surface area (Å²) in [6.07, 6.45) is 0. The molecular weight excluding hydrogens is 330 g/mol. The number of nitrogens with one attached hydrogen (secondary N) is 2. The summed E-state index contributed by atoms with van der Waals surface area (Å²) in [7, 11) is 0. The van der Waals surface area contributed by atoms with E-state index in [4.69, 9.17) is 5.26 Å². The first-order chi connectivity index (χ1) is 10.1. The normalized spacial score (nSPS) is 9.76. The molecule has 0 saturated carbocycles. The lowest BCUT2D eigenvalue weighted by Gasteiger charge is -2.08. The van der Waals surface area contributed by atoms with Crippen LogP contribution in [0.2, 0.25) is 0 Å². The van der Waals surface area contributed by atoms with Crippen LogP contribution in [0, 0.1) is 11.3 Å². The molecule has 4 nitrogen and oxygen atoms in total. The highest BCUT2D eigenvalue weighted by atomic mass is 79.9. The molecule has 0 bridgehead atoms. The maximum Gasteiger partial charge on any atom is 0.255 e. The van der Waals surface area contributed by atoms with Crippen molar-refractivity contribution >= 4 is 33.2 Å². The molecule has 0 spiro atoms. The van der Waals surface area contributed by atoms with Gasteiger partial charge < -0.3 is 10.6 Å². The van der Waals surface area contributed by atoms with Gasteiger partial charge >= 0.3 is 0 Å². The second-order valence-corrected chi connectivity index (χ2v) is 5.28. The SMILES string of the molecule is CCNc1ccc(C(=O)Nc2cc(Br)ccc2C#N)cc1. The Bertz CT molecular complexity index is 690. The van der Waals surface area contributed by atoms with Crippen molar-refractivity contribution in [2.24, 2.45) is 0 Å². The van der Waals surface area contributed by atoms with Gasteiger partial charge in [0.2, 0.25) is 0 Å². The van der Waals surface area contributed by atoms with Crippen molar-refractivity contribution in [3.63, 3.8) is 0 Å². The summed E-state index contributed by atoms with van der Waals surface area (Å²) in [5.74, 6) is -0.243. The first kappa shape index (κ1) is 15.1. The number of benzene rings is 2. The summed E-state index contributed by atoms with van der Waals surface area (Å²) in [6.45, 7) is 2.84. The quantitative estimate of drug-likeness (QED) is 0.881. The van der Waals surface area contributed by atoms with Crippen LogP contribution in [0.3, 0.4) is 0 Å². The van der Waals surface area contributed by atoms with Crippen molar-refractivity contribution in [2.75, 3.05) is 17.2 Å². The van der Waals surface area contributed by atoms with Gasteiger partial charge in [0.15, 0.2) is 0 Å². The summed E-state index contributed by atoms with van der Waals surface area (Å²) >= 11 is 3.33. The van der Waals surface area contributed by atoms with E-state index in [1.54, 1.807) is 30.3 Å². The van der Waals surface area contributed by atoms with E-state index in [9.17, 15) is 4.79 Å². The Labute approximate surface area is 131 Å². The number of carbonyl (C=O) groups excluding carboxylic acids is 1. The lowest BCUT2D eigenvalue weighted by molar-refractivity contribution is 0.102. The molecule has 0 heterocycles. The van der Waals surface area contributed by atoms with Crippen molar-refractivity contribution in [3.05, 3.63) is 58.1 Å². The molecule has 0 aliphatic rings. The van der Waals surface area contributed by atoms with Gasteiger partial charge in [-0.3, -0.25) is 4.79 Å². The molecule has 0 aliphatic heterocycles. The predicted molar refractivity (Wildman–Crippen MR) is 87.4 cm³/mol. The fraction of sp³-hybridized carbons (Fsp3) is 0.125. The maximum absolute atomic E-state index is 12.2. The summed E-state index contributed by atoms with van der Waals surface area (Å²) in [5.41, 5.74) is 2.43. The molecular formula is C16H14BrN3O. The Kier molecular flexibility index (Phi) is 4.96. The van der Waals surface area contributed by atoms with E-state index in [1.165, 1.54) is 0 Å². The van der Waals surface area contributed by atoms with Crippen LogP contribution in [0.15, 0.2) is 46.9 Å². The molecule has 1 amide bonds. The summed E-state index contributed by atoms with van der Waals surface area (Å²) in [6, 6.07) is 14.4. The number of carbonyl (C=O) groups is 1. The lowest BCUT2D eigenvalue weighted by Crippen LogP contribution is -2.13. The van der Waals surface area contributed by atoms with Crippen molar-refractivity contribution in [2.45, 2.75) is 6.92 Å². The van der Waals surface area contributed by atoms with E-state index in [0.717, 1.165) is 16.7 Å². The minimum Gasteiger partial charge on any atom is -0.385 e. The predicted octanol–water partition coefficient (Wildman–Crippen LogP) is 4.00. The van der Waals surface area contributed by atoms with Crippen molar-refractivity contribution < 1.29 is 4.79 Å². The minimum absolute atomic E-state index is 0.243. The average Bonchev–Trinajstić information content (AvgIpc) is 2.48. The molecule has 21 heavy (non-hydrogen) atoms. The number of hydrogen-bond donors (Lipinski definition) is 2. The molecule has 2 aromatic rings. The van der Waals surface area contributed by atoms with Crippen LogP contribution in [0.1, 0.15) is 22.8 Å². The lowest BCUT2D eigenvalue weighted by atomic mass is 10.1. The molecule has 0 saturated heterocycles. The first-order valence-electron chi connectivity index (χ1n) is 6.49. The molecule has 0 radical (unpaired) electrons. The maximum atomic E-state index is 12.2. The minimum atomic E-state index is -0.243. The Morgan fingerprint density at radius 1 is 1.24 bits per heavy atom. The number of hydrogen-bond acceptors (Lipinski definition) is 3. The number of amides is 1. The van der Waals surface area contributed by atoms with Gasteiger partial charge in [0.1, 0.15) is 6.07 Å². The van der Waals surface area contributed by atoms with Gasteiger partial charge in [0.25, 0.3) is 5.91 Å². The molecule has 0 atom stereocenters. The monoisotopic (exact) mass is 343 g/mol. The zero-order valence-corrected chi connectivity index (χ0v) is 13.1. The van der Waals surface area contributed by atoms with Crippen molar-refractivity contribution in [1.29, 1.82) is 5.26 Å². The molecule has 106 valence electrons. The van der Waals surface area contributed by atoms with Crippen LogP contribution in [-0.2, 0) is 0 Å². The van der Waals surface area contributed by atoms with Gasteiger partial charge in [0, 0.05) is 22.3 Å². The van der Waals surface area contributed by atoms with Crippen molar-refractivity contribution in [1.82, 2.24) is 0 Å². The van der Waals surface area contributed by atoms with Gasteiger partial charge in [-0.15, -0.1) is 0 Å². The highest BCUT2D eigenvalue weighted by molar-refractivity contribution is 9.10. The molecule has 2 N–H and O–H groups in total. The topological polar surface area (TPSA) is 64.9 Å². The smallest absolute Gasteiger partial charge is 0.255 e. The molecule has 0 aromatic heterocycles.